The topological polar surface area (TPSA) is 91.4 Å². The first kappa shape index (κ1) is 15.5. The Morgan fingerprint density at radius 1 is 1.30 bits per heavy atom. The number of carbonyl (C=O) groups excluding carboxylic acids is 1. The smallest absolute Gasteiger partial charge is 0.286 e. The Morgan fingerprint density at radius 2 is 1.96 bits per heavy atom. The molecule has 0 fully saturated rings. The Bertz CT molecular complexity index is 728. The van der Waals surface area contributed by atoms with E-state index in [9.17, 15) is 9.70 Å². The minimum atomic E-state index is -0.500. The van der Waals surface area contributed by atoms with Gasteiger partial charge in [-0.25, -0.2) is 4.99 Å². The summed E-state index contributed by atoms with van der Waals surface area (Å²) in [5.74, 6) is -0.0217. The number of aliphatic imine (C=N–C) groups is 1. The van der Waals surface area contributed by atoms with Gasteiger partial charge in [0.2, 0.25) is 11.7 Å². The summed E-state index contributed by atoms with van der Waals surface area (Å²) in [6.45, 7) is 4.15. The molecule has 2 N–H and O–H groups in total. The number of hydrogen-bond acceptors (Lipinski definition) is 6. The van der Waals surface area contributed by atoms with E-state index in [1.54, 1.807) is 17.0 Å². The van der Waals surface area contributed by atoms with Crippen molar-refractivity contribution in [3.63, 3.8) is 0 Å². The van der Waals surface area contributed by atoms with Crippen LogP contribution in [0.15, 0.2) is 46.0 Å². The fraction of sp³-hybridized carbons (Fsp3) is 0.333. The maximum atomic E-state index is 12.4. The lowest BCUT2D eigenvalue weighted by atomic mass is 10.1. The number of nitrogens with two attached hydrogens (primary N) is 1. The van der Waals surface area contributed by atoms with Crippen molar-refractivity contribution in [2.75, 3.05) is 0 Å². The molecule has 1 amide bonds. The summed E-state index contributed by atoms with van der Waals surface area (Å²) in [5.41, 5.74) is 6.65. The number of guanidine groups is 1. The number of nitroso groups, excluding NO2 is 1. The molecule has 1 aromatic rings. The highest BCUT2D eigenvalue weighted by Crippen LogP contribution is 2.30. The molecule has 7 nitrogen and oxygen atoms in total. The van der Waals surface area contributed by atoms with E-state index < -0.39 is 5.91 Å². The van der Waals surface area contributed by atoms with Gasteiger partial charge >= 0.3 is 0 Å². The number of fused-ring (bicyclic) bond motifs is 1. The van der Waals surface area contributed by atoms with Crippen LogP contribution in [0, 0.1) is 4.91 Å². The monoisotopic (exact) mass is 333 g/mol. The highest BCUT2D eigenvalue weighted by molar-refractivity contribution is 6.30. The van der Waals surface area contributed by atoms with Gasteiger partial charge in [0, 0.05) is 5.02 Å². The van der Waals surface area contributed by atoms with Gasteiger partial charge in [0.1, 0.15) is 5.82 Å². The molecule has 2 heterocycles. The SMILES string of the molecule is CC1N=C2N(Cc3ccc(Cl)cc3)C(N)=C(N=O)C(=O)N2C1C. The summed E-state index contributed by atoms with van der Waals surface area (Å²) in [5, 5.41) is 3.46. The van der Waals surface area contributed by atoms with E-state index >= 15 is 0 Å². The number of nitrogens with zero attached hydrogens (tertiary/aromatic N) is 4. The van der Waals surface area contributed by atoms with Gasteiger partial charge in [-0.05, 0) is 36.7 Å². The van der Waals surface area contributed by atoms with Crippen LogP contribution >= 0.6 is 11.6 Å². The second-order valence-corrected chi connectivity index (χ2v) is 6.06. The minimum absolute atomic E-state index is 0.0243. The van der Waals surface area contributed by atoms with Crippen molar-refractivity contribution >= 4 is 23.5 Å². The predicted octanol–water partition coefficient (Wildman–Crippen LogP) is 2.02. The number of hydrogen-bond donors (Lipinski definition) is 1. The first-order chi connectivity index (χ1) is 10.9. The molecule has 0 spiro atoms. The van der Waals surface area contributed by atoms with Gasteiger partial charge in [0.25, 0.3) is 5.91 Å². The number of carbonyl (C=O) groups is 1. The van der Waals surface area contributed by atoms with Crippen LogP contribution in [-0.2, 0) is 11.3 Å². The van der Waals surface area contributed by atoms with Crippen LogP contribution in [0.5, 0.6) is 0 Å². The second-order valence-electron chi connectivity index (χ2n) is 5.62. The molecule has 23 heavy (non-hydrogen) atoms. The van der Waals surface area contributed by atoms with Crippen molar-refractivity contribution in [1.29, 1.82) is 0 Å². The molecule has 0 saturated carbocycles. The molecule has 2 aliphatic rings. The average molecular weight is 334 g/mol. The third-order valence-corrected chi connectivity index (χ3v) is 4.43. The average Bonchev–Trinajstić information content (AvgIpc) is 2.82. The summed E-state index contributed by atoms with van der Waals surface area (Å²) in [6.07, 6.45) is 0. The Morgan fingerprint density at radius 3 is 2.57 bits per heavy atom. The summed E-state index contributed by atoms with van der Waals surface area (Å²) in [6, 6.07) is 7.00. The Hall–Kier alpha value is -2.41. The molecule has 0 aromatic heterocycles. The normalized spacial score (nSPS) is 24.0. The number of amides is 1. The first-order valence-electron chi connectivity index (χ1n) is 7.20. The van der Waals surface area contributed by atoms with Gasteiger partial charge in [-0.2, -0.15) is 0 Å². The molecule has 0 aliphatic carbocycles. The molecular formula is C15H16ClN5O2. The molecule has 3 rings (SSSR count). The van der Waals surface area contributed by atoms with Crippen molar-refractivity contribution in [2.24, 2.45) is 15.9 Å². The Labute approximate surface area is 138 Å². The Balaban J connectivity index is 2.03. The molecular weight excluding hydrogens is 318 g/mol. The largest absolute Gasteiger partial charge is 0.383 e. The highest BCUT2D eigenvalue weighted by atomic mass is 35.5. The van der Waals surface area contributed by atoms with Crippen molar-refractivity contribution < 1.29 is 4.79 Å². The van der Waals surface area contributed by atoms with Gasteiger partial charge in [0.05, 0.1) is 18.6 Å². The zero-order chi connectivity index (χ0) is 16.7. The Kier molecular flexibility index (Phi) is 3.81. The van der Waals surface area contributed by atoms with Crippen molar-refractivity contribution in [2.45, 2.75) is 32.5 Å². The molecule has 0 saturated heterocycles. The molecule has 2 aliphatic heterocycles. The van der Waals surface area contributed by atoms with E-state index in [2.05, 4.69) is 10.2 Å². The number of halogens is 1. The van der Waals surface area contributed by atoms with Crippen LogP contribution in [0.1, 0.15) is 19.4 Å². The summed E-state index contributed by atoms with van der Waals surface area (Å²) >= 11 is 5.89. The lowest BCUT2D eigenvalue weighted by Crippen LogP contribution is -2.54. The molecule has 120 valence electrons. The molecule has 1 aromatic carbocycles. The fourth-order valence-corrected chi connectivity index (χ4v) is 2.82. The van der Waals surface area contributed by atoms with Crippen LogP contribution in [0.3, 0.4) is 0 Å². The fourth-order valence-electron chi connectivity index (χ4n) is 2.70. The standard InChI is InChI=1S/C15H16ClN5O2/c1-8-9(2)21-14(22)12(19-23)13(17)20(15(21)18-8)7-10-3-5-11(16)6-4-10/h3-6,8-9H,7,17H2,1-2H3. The van der Waals surface area contributed by atoms with Crippen LogP contribution in [-0.4, -0.2) is 33.8 Å². The van der Waals surface area contributed by atoms with E-state index in [1.807, 2.05) is 26.0 Å². The lowest BCUT2D eigenvalue weighted by Gasteiger charge is -2.36. The molecule has 8 heteroatoms. The van der Waals surface area contributed by atoms with Crippen LogP contribution < -0.4 is 5.73 Å². The maximum Gasteiger partial charge on any atom is 0.286 e. The van der Waals surface area contributed by atoms with Gasteiger partial charge < -0.3 is 5.73 Å². The van der Waals surface area contributed by atoms with E-state index in [-0.39, 0.29) is 23.6 Å². The van der Waals surface area contributed by atoms with Crippen LogP contribution in [0.25, 0.3) is 0 Å². The third-order valence-electron chi connectivity index (χ3n) is 4.18. The predicted molar refractivity (Wildman–Crippen MR) is 87.2 cm³/mol. The van der Waals surface area contributed by atoms with Gasteiger partial charge in [-0.15, -0.1) is 4.91 Å². The molecule has 2 atom stereocenters. The highest BCUT2D eigenvalue weighted by Gasteiger charge is 2.44. The summed E-state index contributed by atoms with van der Waals surface area (Å²) in [4.78, 5) is 31.1. The summed E-state index contributed by atoms with van der Waals surface area (Å²) in [7, 11) is 0. The molecule has 0 radical (unpaired) electrons. The van der Waals surface area contributed by atoms with Crippen molar-refractivity contribution in [3.05, 3.63) is 51.3 Å². The number of rotatable bonds is 3. The first-order valence-corrected chi connectivity index (χ1v) is 7.58. The lowest BCUT2D eigenvalue weighted by molar-refractivity contribution is -0.125. The van der Waals surface area contributed by atoms with E-state index in [0.29, 0.717) is 17.5 Å². The van der Waals surface area contributed by atoms with Gasteiger partial charge in [-0.3, -0.25) is 14.6 Å². The van der Waals surface area contributed by atoms with E-state index in [1.165, 1.54) is 4.90 Å². The van der Waals surface area contributed by atoms with Crippen molar-refractivity contribution in [1.82, 2.24) is 9.80 Å². The van der Waals surface area contributed by atoms with E-state index in [4.69, 9.17) is 17.3 Å². The van der Waals surface area contributed by atoms with Crippen LogP contribution in [0.2, 0.25) is 5.02 Å². The molecule has 2 unspecified atom stereocenters. The third kappa shape index (κ3) is 2.46. The minimum Gasteiger partial charge on any atom is -0.383 e. The summed E-state index contributed by atoms with van der Waals surface area (Å²) < 4.78 is 0. The molecule has 0 bridgehead atoms. The second kappa shape index (κ2) is 5.66. The quantitative estimate of drug-likeness (QED) is 0.857. The zero-order valence-electron chi connectivity index (χ0n) is 12.7. The van der Waals surface area contributed by atoms with Gasteiger partial charge in [0.15, 0.2) is 0 Å². The number of benzene rings is 1. The van der Waals surface area contributed by atoms with Gasteiger partial charge in [-0.1, -0.05) is 23.7 Å². The maximum absolute atomic E-state index is 12.4. The van der Waals surface area contributed by atoms with Crippen LogP contribution in [0.4, 0.5) is 0 Å². The van der Waals surface area contributed by atoms with E-state index in [0.717, 1.165) is 5.56 Å². The van der Waals surface area contributed by atoms with Crippen molar-refractivity contribution in [3.8, 4) is 0 Å². The zero-order valence-corrected chi connectivity index (χ0v) is 13.5.